The molecule has 0 radical (unpaired) electrons. The fourth-order valence-electron chi connectivity index (χ4n) is 4.17. The molecule has 2 aromatic heterocycles. The Balaban J connectivity index is 1.74. The summed E-state index contributed by atoms with van der Waals surface area (Å²) in [6.07, 6.45) is 5.48. The van der Waals surface area contributed by atoms with Crippen molar-refractivity contribution in [1.82, 2.24) is 13.9 Å². The van der Waals surface area contributed by atoms with Crippen molar-refractivity contribution in [2.45, 2.75) is 24.7 Å². The van der Waals surface area contributed by atoms with Gasteiger partial charge in [0.15, 0.2) is 6.29 Å². The summed E-state index contributed by atoms with van der Waals surface area (Å²) in [5, 5.41) is 7.25. The first-order chi connectivity index (χ1) is 16.2. The highest BCUT2D eigenvalue weighted by molar-refractivity contribution is 5.77. The van der Waals surface area contributed by atoms with Crippen LogP contribution < -0.4 is 5.69 Å². The summed E-state index contributed by atoms with van der Waals surface area (Å²) in [6, 6.07) is 8.55. The van der Waals surface area contributed by atoms with Gasteiger partial charge in [-0.25, -0.2) is 13.6 Å². The molecule has 0 unspecified atom stereocenters. The van der Waals surface area contributed by atoms with Gasteiger partial charge in [0, 0.05) is 56.2 Å². The van der Waals surface area contributed by atoms with Gasteiger partial charge in [-0.1, -0.05) is 12.1 Å². The molecular weight excluding hydrogens is 444 g/mol. The third-order valence-electron chi connectivity index (χ3n) is 6.16. The van der Waals surface area contributed by atoms with Crippen molar-refractivity contribution in [1.29, 1.82) is 0 Å². The summed E-state index contributed by atoms with van der Waals surface area (Å²) in [5.41, 5.74) is 0.421. The molecule has 3 heterocycles. The molecule has 0 saturated carbocycles. The van der Waals surface area contributed by atoms with Gasteiger partial charge in [-0.3, -0.25) is 13.8 Å². The lowest BCUT2D eigenvalue weighted by molar-refractivity contribution is -0.0655. The van der Waals surface area contributed by atoms with Crippen molar-refractivity contribution in [3.05, 3.63) is 69.9 Å². The van der Waals surface area contributed by atoms with Crippen LogP contribution in [0.25, 0.3) is 11.2 Å². The lowest BCUT2D eigenvalue weighted by Gasteiger charge is -2.43. The third-order valence-corrected chi connectivity index (χ3v) is 6.16. The second-order valence-electron chi connectivity index (χ2n) is 8.66. The van der Waals surface area contributed by atoms with Gasteiger partial charge in [-0.15, -0.1) is 5.10 Å². The second-order valence-corrected chi connectivity index (χ2v) is 8.66. The van der Waals surface area contributed by atoms with Gasteiger partial charge >= 0.3 is 5.69 Å². The van der Waals surface area contributed by atoms with Crippen LogP contribution in [0.5, 0.6) is 0 Å². The molecule has 4 rings (SSSR count). The number of ether oxygens (including phenoxy) is 1. The first kappa shape index (κ1) is 23.5. The van der Waals surface area contributed by atoms with Crippen molar-refractivity contribution in [3.63, 3.8) is 0 Å². The lowest BCUT2D eigenvalue weighted by atomic mass is 9.75. The van der Waals surface area contributed by atoms with Crippen molar-refractivity contribution < 1.29 is 18.3 Å². The molecule has 0 N–H and O–H groups in total. The predicted molar refractivity (Wildman–Crippen MR) is 126 cm³/mol. The minimum absolute atomic E-state index is 0.00232. The molecular formula is C24H25F2N5O3. The normalized spacial score (nSPS) is 15.4. The van der Waals surface area contributed by atoms with Crippen LogP contribution in [-0.4, -0.2) is 60.0 Å². The Hall–Kier alpha value is -3.66. The van der Waals surface area contributed by atoms with E-state index in [1.165, 1.54) is 17.0 Å². The first-order valence-corrected chi connectivity index (χ1v) is 10.7. The van der Waals surface area contributed by atoms with Gasteiger partial charge in [0.05, 0.1) is 24.4 Å². The molecule has 0 aliphatic carbocycles. The maximum Gasteiger partial charge on any atom is 0.337 e. The van der Waals surface area contributed by atoms with E-state index in [9.17, 15) is 18.4 Å². The summed E-state index contributed by atoms with van der Waals surface area (Å²) < 4.78 is 36.5. The zero-order valence-electron chi connectivity index (χ0n) is 18.9. The minimum Gasteiger partial charge on any atom is -0.379 e. The largest absolute Gasteiger partial charge is 0.379 e. The monoisotopic (exact) mass is 469 g/mol. The van der Waals surface area contributed by atoms with Crippen LogP contribution in [0.3, 0.4) is 0 Å². The summed E-state index contributed by atoms with van der Waals surface area (Å²) in [5.74, 6) is -3.23. The van der Waals surface area contributed by atoms with Crippen LogP contribution in [0.15, 0.2) is 57.7 Å². The topological polar surface area (TPSA) is 80.7 Å². The highest BCUT2D eigenvalue weighted by atomic mass is 19.3. The molecule has 8 nitrogen and oxygen atoms in total. The van der Waals surface area contributed by atoms with E-state index in [1.54, 1.807) is 12.4 Å². The number of aldehydes is 1. The van der Waals surface area contributed by atoms with Gasteiger partial charge in [0.2, 0.25) is 0 Å². The number of imidazole rings is 1. The van der Waals surface area contributed by atoms with E-state index in [4.69, 9.17) is 4.74 Å². The van der Waals surface area contributed by atoms with Crippen LogP contribution >= 0.6 is 0 Å². The molecule has 0 bridgehead atoms. The Morgan fingerprint density at radius 2 is 2.06 bits per heavy atom. The average molecular weight is 469 g/mol. The number of carbonyl (C=O) groups excluding carboxylic acids is 1. The summed E-state index contributed by atoms with van der Waals surface area (Å²) in [4.78, 5) is 26.3. The van der Waals surface area contributed by atoms with Crippen LogP contribution in [0, 0.1) is 0 Å². The zero-order chi connectivity index (χ0) is 24.5. The number of carbonyl (C=O) groups is 1. The van der Waals surface area contributed by atoms with Gasteiger partial charge in [-0.05, 0) is 30.2 Å². The number of fused-ring (bicyclic) bond motifs is 1. The summed E-state index contributed by atoms with van der Waals surface area (Å²) >= 11 is 0. The fraction of sp³-hybridized carbons (Fsp3) is 0.333. The highest BCUT2D eigenvalue weighted by Gasteiger charge is 2.40. The van der Waals surface area contributed by atoms with E-state index in [0.29, 0.717) is 31.7 Å². The molecule has 178 valence electrons. The standard InChI is InChI=1S/C24H25F2N5O3/c1-23(25,26)20-9-17(13-32)11-31-21(20)12-30(22(31)33)19-6-4-5-18(10-19)24(14-34-15-24)7-8-29(3)16-28-27-2/h4-6,9-13,16H,2,7-8,14-15H2,1,3H3/b28-16-. The molecule has 1 saturated heterocycles. The number of hydrogen-bond acceptors (Lipinski definition) is 5. The average Bonchev–Trinajstić information content (AvgIpc) is 3.12. The molecule has 3 aromatic rings. The quantitative estimate of drug-likeness (QED) is 0.209. The number of benzene rings is 1. The molecule has 0 spiro atoms. The zero-order valence-corrected chi connectivity index (χ0v) is 18.9. The van der Waals surface area contributed by atoms with Crippen molar-refractivity contribution in [2.75, 3.05) is 26.8 Å². The third kappa shape index (κ3) is 4.28. The Kier molecular flexibility index (Phi) is 6.18. The maximum absolute atomic E-state index is 14.3. The van der Waals surface area contributed by atoms with Gasteiger partial charge in [0.1, 0.15) is 6.34 Å². The number of hydrogen-bond donors (Lipinski definition) is 0. The molecule has 0 atom stereocenters. The smallest absolute Gasteiger partial charge is 0.337 e. The SMILES string of the molecule is C=N/N=C\N(C)CCC1(c2cccc(-n3cc4c(C(C)(F)F)cc(C=O)cn4c3=O)c2)COC1. The van der Waals surface area contributed by atoms with Crippen LogP contribution in [0.1, 0.15) is 34.8 Å². The summed E-state index contributed by atoms with van der Waals surface area (Å²) in [6.45, 7) is 5.83. The first-order valence-electron chi connectivity index (χ1n) is 10.7. The molecule has 1 fully saturated rings. The predicted octanol–water partition coefficient (Wildman–Crippen LogP) is 3.25. The van der Waals surface area contributed by atoms with Crippen LogP contribution in [-0.2, 0) is 16.1 Å². The summed E-state index contributed by atoms with van der Waals surface area (Å²) in [7, 11) is 1.89. The van der Waals surface area contributed by atoms with E-state index in [-0.39, 0.29) is 22.1 Å². The number of rotatable bonds is 9. The van der Waals surface area contributed by atoms with E-state index < -0.39 is 11.6 Å². The Bertz CT molecular complexity index is 1320. The molecule has 1 aromatic carbocycles. The second kappa shape index (κ2) is 8.94. The Morgan fingerprint density at radius 1 is 1.29 bits per heavy atom. The number of pyridine rings is 1. The molecule has 1 aliphatic rings. The maximum atomic E-state index is 14.3. The van der Waals surface area contributed by atoms with Gasteiger partial charge in [-0.2, -0.15) is 5.10 Å². The Labute approximate surface area is 194 Å². The van der Waals surface area contributed by atoms with Gasteiger partial charge < -0.3 is 9.64 Å². The van der Waals surface area contributed by atoms with Crippen LogP contribution in [0.2, 0.25) is 0 Å². The number of alkyl halides is 2. The fourth-order valence-corrected chi connectivity index (χ4v) is 4.17. The van der Waals surface area contributed by atoms with E-state index >= 15 is 0 Å². The van der Waals surface area contributed by atoms with E-state index in [0.717, 1.165) is 29.4 Å². The molecule has 34 heavy (non-hydrogen) atoms. The number of aromatic nitrogens is 2. The molecule has 10 heteroatoms. The van der Waals surface area contributed by atoms with Crippen molar-refractivity contribution in [2.24, 2.45) is 10.2 Å². The van der Waals surface area contributed by atoms with E-state index in [2.05, 4.69) is 16.9 Å². The molecule has 0 amide bonds. The van der Waals surface area contributed by atoms with E-state index in [1.807, 2.05) is 30.1 Å². The number of nitrogens with zero attached hydrogens (tertiary/aromatic N) is 5. The lowest BCUT2D eigenvalue weighted by Crippen LogP contribution is -2.48. The highest BCUT2D eigenvalue weighted by Crippen LogP contribution is 2.37. The van der Waals surface area contributed by atoms with Crippen molar-refractivity contribution in [3.8, 4) is 5.69 Å². The molecule has 1 aliphatic heterocycles. The Morgan fingerprint density at radius 3 is 2.68 bits per heavy atom. The van der Waals surface area contributed by atoms with Gasteiger partial charge in [0.25, 0.3) is 5.92 Å². The number of halogens is 2. The van der Waals surface area contributed by atoms with Crippen molar-refractivity contribution >= 4 is 24.9 Å². The minimum atomic E-state index is -3.23. The van der Waals surface area contributed by atoms with Crippen LogP contribution in [0.4, 0.5) is 8.78 Å².